The van der Waals surface area contributed by atoms with E-state index in [1.54, 1.807) is 7.11 Å². The van der Waals surface area contributed by atoms with Crippen LogP contribution in [0.1, 0.15) is 11.1 Å². The van der Waals surface area contributed by atoms with Crippen molar-refractivity contribution in [3.8, 4) is 5.75 Å². The molecule has 2 aromatic carbocycles. The number of allylic oxidation sites excluding steroid dienone is 1. The third kappa shape index (κ3) is 3.38. The Hall–Kier alpha value is -2.22. The number of benzene rings is 2. The molecule has 0 aliphatic rings. The van der Waals surface area contributed by atoms with Crippen LogP contribution in [0.4, 0.5) is 5.69 Å². The van der Waals surface area contributed by atoms with Crippen molar-refractivity contribution in [1.82, 2.24) is 0 Å². The average molecular weight is 253 g/mol. The Bertz CT molecular complexity index is 534. The van der Waals surface area contributed by atoms with E-state index in [1.165, 1.54) is 5.56 Å². The zero-order valence-corrected chi connectivity index (χ0v) is 11.2. The molecule has 0 atom stereocenters. The number of nitrogens with one attached hydrogen (secondary N) is 1. The molecule has 2 rings (SSSR count). The monoisotopic (exact) mass is 253 g/mol. The Morgan fingerprint density at radius 3 is 2.58 bits per heavy atom. The van der Waals surface area contributed by atoms with E-state index in [2.05, 4.69) is 30.1 Å². The SMILES string of the molecule is C=CCc1c(NCc2ccccc2)cccc1OC. The van der Waals surface area contributed by atoms with E-state index < -0.39 is 0 Å². The maximum Gasteiger partial charge on any atom is 0.124 e. The van der Waals surface area contributed by atoms with Crippen molar-refractivity contribution in [1.29, 1.82) is 0 Å². The van der Waals surface area contributed by atoms with Crippen molar-refractivity contribution in [2.45, 2.75) is 13.0 Å². The highest BCUT2D eigenvalue weighted by atomic mass is 16.5. The molecule has 0 saturated carbocycles. The normalized spacial score (nSPS) is 9.95. The van der Waals surface area contributed by atoms with E-state index in [4.69, 9.17) is 4.74 Å². The average Bonchev–Trinajstić information content (AvgIpc) is 2.47. The number of hydrogen-bond acceptors (Lipinski definition) is 2. The summed E-state index contributed by atoms with van der Waals surface area (Å²) in [5.74, 6) is 0.901. The second-order valence-corrected chi connectivity index (χ2v) is 4.32. The van der Waals surface area contributed by atoms with Gasteiger partial charge in [-0.05, 0) is 24.1 Å². The predicted molar refractivity (Wildman–Crippen MR) is 80.7 cm³/mol. The van der Waals surface area contributed by atoms with E-state index >= 15 is 0 Å². The van der Waals surface area contributed by atoms with Crippen LogP contribution in [-0.4, -0.2) is 7.11 Å². The lowest BCUT2D eigenvalue weighted by molar-refractivity contribution is 0.411. The molecule has 0 bridgehead atoms. The summed E-state index contributed by atoms with van der Waals surface area (Å²) < 4.78 is 5.40. The van der Waals surface area contributed by atoms with E-state index in [-0.39, 0.29) is 0 Å². The molecule has 0 heterocycles. The lowest BCUT2D eigenvalue weighted by Gasteiger charge is -2.14. The van der Waals surface area contributed by atoms with Gasteiger partial charge < -0.3 is 10.1 Å². The zero-order chi connectivity index (χ0) is 13.5. The quantitative estimate of drug-likeness (QED) is 0.785. The van der Waals surface area contributed by atoms with Crippen LogP contribution in [0.5, 0.6) is 5.75 Å². The van der Waals surface area contributed by atoms with Gasteiger partial charge in [0.2, 0.25) is 0 Å². The van der Waals surface area contributed by atoms with Crippen LogP contribution < -0.4 is 10.1 Å². The first kappa shape index (κ1) is 13.2. The van der Waals surface area contributed by atoms with Crippen LogP contribution in [0.25, 0.3) is 0 Å². The number of methoxy groups -OCH3 is 1. The van der Waals surface area contributed by atoms with Gasteiger partial charge in [0.25, 0.3) is 0 Å². The molecule has 0 aliphatic heterocycles. The van der Waals surface area contributed by atoms with Crippen LogP contribution in [0.3, 0.4) is 0 Å². The van der Waals surface area contributed by atoms with Crippen LogP contribution >= 0.6 is 0 Å². The smallest absolute Gasteiger partial charge is 0.124 e. The molecular weight excluding hydrogens is 234 g/mol. The first-order valence-electron chi connectivity index (χ1n) is 6.39. The van der Waals surface area contributed by atoms with Crippen molar-refractivity contribution in [3.63, 3.8) is 0 Å². The second-order valence-electron chi connectivity index (χ2n) is 4.32. The summed E-state index contributed by atoms with van der Waals surface area (Å²) >= 11 is 0. The Balaban J connectivity index is 2.17. The summed E-state index contributed by atoms with van der Waals surface area (Å²) in [6.07, 6.45) is 2.69. The summed E-state index contributed by atoms with van der Waals surface area (Å²) in [6, 6.07) is 16.4. The van der Waals surface area contributed by atoms with E-state index in [0.717, 1.165) is 30.0 Å². The summed E-state index contributed by atoms with van der Waals surface area (Å²) in [5.41, 5.74) is 3.51. The van der Waals surface area contributed by atoms with Gasteiger partial charge in [0.15, 0.2) is 0 Å². The van der Waals surface area contributed by atoms with Crippen LogP contribution in [0, 0.1) is 0 Å². The molecule has 0 saturated heterocycles. The largest absolute Gasteiger partial charge is 0.496 e. The first-order valence-corrected chi connectivity index (χ1v) is 6.39. The Morgan fingerprint density at radius 2 is 1.89 bits per heavy atom. The molecular formula is C17H19NO. The van der Waals surface area contributed by atoms with Gasteiger partial charge >= 0.3 is 0 Å². The Labute approximate surface area is 114 Å². The molecule has 0 amide bonds. The fourth-order valence-electron chi connectivity index (χ4n) is 2.07. The summed E-state index contributed by atoms with van der Waals surface area (Å²) in [7, 11) is 1.70. The molecule has 0 fully saturated rings. The molecule has 0 aromatic heterocycles. The molecule has 0 radical (unpaired) electrons. The topological polar surface area (TPSA) is 21.3 Å². The maximum atomic E-state index is 5.40. The van der Waals surface area contributed by atoms with Gasteiger partial charge in [-0.3, -0.25) is 0 Å². The van der Waals surface area contributed by atoms with Crippen molar-refractivity contribution in [2.24, 2.45) is 0 Å². The minimum absolute atomic E-state index is 0.793. The third-order valence-electron chi connectivity index (χ3n) is 3.03. The highest BCUT2D eigenvalue weighted by Crippen LogP contribution is 2.27. The molecule has 0 unspecified atom stereocenters. The van der Waals surface area contributed by atoms with Gasteiger partial charge in [-0.15, -0.1) is 6.58 Å². The first-order chi connectivity index (χ1) is 9.35. The minimum Gasteiger partial charge on any atom is -0.496 e. The minimum atomic E-state index is 0.793. The second kappa shape index (κ2) is 6.64. The van der Waals surface area contributed by atoms with Gasteiger partial charge in [0.1, 0.15) is 5.75 Å². The molecule has 2 aromatic rings. The molecule has 98 valence electrons. The number of rotatable bonds is 6. The lowest BCUT2D eigenvalue weighted by Crippen LogP contribution is -2.03. The van der Waals surface area contributed by atoms with E-state index in [9.17, 15) is 0 Å². The maximum absolute atomic E-state index is 5.40. The third-order valence-corrected chi connectivity index (χ3v) is 3.03. The molecule has 0 spiro atoms. The van der Waals surface area contributed by atoms with E-state index in [1.807, 2.05) is 36.4 Å². The van der Waals surface area contributed by atoms with Crippen molar-refractivity contribution in [3.05, 3.63) is 72.3 Å². The van der Waals surface area contributed by atoms with Crippen LogP contribution in [-0.2, 0) is 13.0 Å². The Kier molecular flexibility index (Phi) is 4.62. The predicted octanol–water partition coefficient (Wildman–Crippen LogP) is 4.04. The highest BCUT2D eigenvalue weighted by Gasteiger charge is 2.07. The summed E-state index contributed by atoms with van der Waals surface area (Å²) in [6.45, 7) is 4.61. The van der Waals surface area contributed by atoms with Gasteiger partial charge in [0.05, 0.1) is 7.11 Å². The number of anilines is 1. The van der Waals surface area contributed by atoms with Gasteiger partial charge in [-0.25, -0.2) is 0 Å². The summed E-state index contributed by atoms with van der Waals surface area (Å²) in [5, 5.41) is 3.46. The van der Waals surface area contributed by atoms with Crippen LogP contribution in [0.15, 0.2) is 61.2 Å². The number of ether oxygens (including phenoxy) is 1. The van der Waals surface area contributed by atoms with Crippen molar-refractivity contribution >= 4 is 5.69 Å². The van der Waals surface area contributed by atoms with Gasteiger partial charge in [-0.2, -0.15) is 0 Å². The fourth-order valence-corrected chi connectivity index (χ4v) is 2.07. The molecule has 2 nitrogen and oxygen atoms in total. The number of hydrogen-bond donors (Lipinski definition) is 1. The fraction of sp³-hybridized carbons (Fsp3) is 0.176. The van der Waals surface area contributed by atoms with Crippen molar-refractivity contribution in [2.75, 3.05) is 12.4 Å². The zero-order valence-electron chi connectivity index (χ0n) is 11.2. The molecule has 1 N–H and O–H groups in total. The molecule has 2 heteroatoms. The Morgan fingerprint density at radius 1 is 1.11 bits per heavy atom. The van der Waals surface area contributed by atoms with Crippen LogP contribution in [0.2, 0.25) is 0 Å². The molecule has 19 heavy (non-hydrogen) atoms. The van der Waals surface area contributed by atoms with Crippen molar-refractivity contribution < 1.29 is 4.74 Å². The lowest BCUT2D eigenvalue weighted by atomic mass is 10.1. The van der Waals surface area contributed by atoms with Gasteiger partial charge in [0, 0.05) is 17.8 Å². The van der Waals surface area contributed by atoms with Gasteiger partial charge in [-0.1, -0.05) is 42.5 Å². The highest BCUT2D eigenvalue weighted by molar-refractivity contribution is 5.58. The standard InChI is InChI=1S/C17H19NO/c1-3-8-15-16(11-7-12-17(15)19-2)18-13-14-9-5-4-6-10-14/h3-7,9-12,18H,1,8,13H2,2H3. The van der Waals surface area contributed by atoms with E-state index in [0.29, 0.717) is 0 Å². The molecule has 0 aliphatic carbocycles. The summed E-state index contributed by atoms with van der Waals surface area (Å²) in [4.78, 5) is 0.